The first kappa shape index (κ1) is 15.2. The van der Waals surface area contributed by atoms with Crippen LogP contribution in [0.1, 0.15) is 30.2 Å². The molecule has 0 aliphatic heterocycles. The van der Waals surface area contributed by atoms with Crippen molar-refractivity contribution in [1.82, 2.24) is 19.7 Å². The molecule has 1 aromatic carbocycles. The average molecular weight is 330 g/mol. The number of thioether (sulfide) groups is 1. The number of aryl methyl sites for hydroxylation is 1. The third-order valence-corrected chi connectivity index (χ3v) is 5.70. The van der Waals surface area contributed by atoms with Crippen molar-refractivity contribution in [3.05, 3.63) is 47.2 Å². The fourth-order valence-corrected chi connectivity index (χ4v) is 3.88. The molecule has 0 aliphatic carbocycles. The highest BCUT2D eigenvalue weighted by atomic mass is 32.2. The number of hydrogen-bond donors (Lipinski definition) is 0. The van der Waals surface area contributed by atoms with Gasteiger partial charge in [0.1, 0.15) is 11.3 Å². The first-order valence-corrected chi connectivity index (χ1v) is 8.95. The number of hydrogen-bond acceptors (Lipinski definition) is 5. The van der Waals surface area contributed by atoms with Crippen molar-refractivity contribution in [2.75, 3.05) is 0 Å². The highest BCUT2D eigenvalue weighted by molar-refractivity contribution is 7.98. The second-order valence-corrected chi connectivity index (χ2v) is 7.48. The zero-order valence-electron chi connectivity index (χ0n) is 12.9. The maximum Gasteiger partial charge on any atom is 0.191 e. The predicted octanol–water partition coefficient (Wildman–Crippen LogP) is 4.35. The molecule has 6 heteroatoms. The SMILES string of the molecule is CC(C)c1ccc(-c2ncc(CSc3nncn3C)s2)cc1. The Bertz CT molecular complexity index is 744. The van der Waals surface area contributed by atoms with Gasteiger partial charge in [0.05, 0.1) is 0 Å². The molecule has 0 amide bonds. The van der Waals surface area contributed by atoms with E-state index in [9.17, 15) is 0 Å². The van der Waals surface area contributed by atoms with Crippen molar-refractivity contribution in [2.24, 2.45) is 7.05 Å². The van der Waals surface area contributed by atoms with Gasteiger partial charge in [-0.05, 0) is 11.5 Å². The Hall–Kier alpha value is -1.66. The van der Waals surface area contributed by atoms with Gasteiger partial charge in [0.15, 0.2) is 5.16 Å². The van der Waals surface area contributed by atoms with Crippen molar-refractivity contribution in [2.45, 2.75) is 30.7 Å². The molecule has 0 aliphatic rings. The van der Waals surface area contributed by atoms with Crippen LogP contribution in [0.3, 0.4) is 0 Å². The van der Waals surface area contributed by atoms with Crippen LogP contribution < -0.4 is 0 Å². The third-order valence-electron chi connectivity index (χ3n) is 3.39. The van der Waals surface area contributed by atoms with Gasteiger partial charge in [0.2, 0.25) is 0 Å². The van der Waals surface area contributed by atoms with Crippen LogP contribution >= 0.6 is 23.1 Å². The van der Waals surface area contributed by atoms with Crippen molar-refractivity contribution in [3.8, 4) is 10.6 Å². The monoisotopic (exact) mass is 330 g/mol. The standard InChI is InChI=1S/C16H18N4S2/c1-11(2)12-4-6-13(7-5-12)15-17-8-14(22-15)9-21-16-19-18-10-20(16)3/h4-8,10-11H,9H2,1-3H3. The number of rotatable bonds is 5. The molecule has 3 rings (SSSR count). The molecule has 0 atom stereocenters. The molecule has 0 N–H and O–H groups in total. The first-order valence-electron chi connectivity index (χ1n) is 7.15. The summed E-state index contributed by atoms with van der Waals surface area (Å²) < 4.78 is 1.93. The molecule has 0 saturated heterocycles. The van der Waals surface area contributed by atoms with Crippen LogP contribution in [-0.4, -0.2) is 19.7 Å². The van der Waals surface area contributed by atoms with Gasteiger partial charge in [-0.15, -0.1) is 21.5 Å². The summed E-state index contributed by atoms with van der Waals surface area (Å²) >= 11 is 3.42. The maximum atomic E-state index is 4.55. The Morgan fingerprint density at radius 3 is 2.64 bits per heavy atom. The Morgan fingerprint density at radius 2 is 2.00 bits per heavy atom. The second-order valence-electron chi connectivity index (χ2n) is 5.42. The molecule has 0 bridgehead atoms. The molecule has 0 unspecified atom stereocenters. The Kier molecular flexibility index (Phi) is 4.59. The van der Waals surface area contributed by atoms with E-state index in [-0.39, 0.29) is 0 Å². The summed E-state index contributed by atoms with van der Waals surface area (Å²) in [6.45, 7) is 4.42. The lowest BCUT2D eigenvalue weighted by Gasteiger charge is -2.05. The summed E-state index contributed by atoms with van der Waals surface area (Å²) in [5.74, 6) is 1.43. The minimum atomic E-state index is 0.559. The Morgan fingerprint density at radius 1 is 1.23 bits per heavy atom. The summed E-state index contributed by atoms with van der Waals surface area (Å²) in [7, 11) is 1.96. The number of thiazole rings is 1. The number of nitrogens with zero attached hydrogens (tertiary/aromatic N) is 4. The van der Waals surface area contributed by atoms with Crippen LogP contribution in [0.2, 0.25) is 0 Å². The van der Waals surface area contributed by atoms with E-state index in [1.54, 1.807) is 29.4 Å². The Balaban J connectivity index is 1.69. The van der Waals surface area contributed by atoms with E-state index in [2.05, 4.69) is 53.3 Å². The molecule has 0 saturated carbocycles. The van der Waals surface area contributed by atoms with Gasteiger partial charge < -0.3 is 4.57 Å². The van der Waals surface area contributed by atoms with Crippen LogP contribution in [0.4, 0.5) is 0 Å². The first-order chi connectivity index (χ1) is 10.6. The van der Waals surface area contributed by atoms with Crippen LogP contribution in [0, 0.1) is 0 Å². The zero-order valence-corrected chi connectivity index (χ0v) is 14.5. The van der Waals surface area contributed by atoms with E-state index in [0.717, 1.165) is 15.9 Å². The van der Waals surface area contributed by atoms with E-state index >= 15 is 0 Å². The molecular weight excluding hydrogens is 312 g/mol. The normalized spacial score (nSPS) is 11.3. The quantitative estimate of drug-likeness (QED) is 0.652. The van der Waals surface area contributed by atoms with Crippen LogP contribution in [0.15, 0.2) is 41.9 Å². The topological polar surface area (TPSA) is 43.6 Å². The predicted molar refractivity (Wildman–Crippen MR) is 92.2 cm³/mol. The minimum absolute atomic E-state index is 0.559. The molecule has 2 heterocycles. The second kappa shape index (κ2) is 6.62. The summed E-state index contributed by atoms with van der Waals surface area (Å²) in [5.41, 5.74) is 2.54. The van der Waals surface area contributed by atoms with Crippen molar-refractivity contribution < 1.29 is 0 Å². The molecule has 22 heavy (non-hydrogen) atoms. The zero-order chi connectivity index (χ0) is 15.5. The minimum Gasteiger partial charge on any atom is -0.312 e. The molecular formula is C16H18N4S2. The summed E-state index contributed by atoms with van der Waals surface area (Å²) in [6, 6.07) is 8.70. The van der Waals surface area contributed by atoms with Crippen molar-refractivity contribution in [3.63, 3.8) is 0 Å². The molecule has 4 nitrogen and oxygen atoms in total. The van der Waals surface area contributed by atoms with Gasteiger partial charge in [-0.3, -0.25) is 0 Å². The van der Waals surface area contributed by atoms with E-state index in [4.69, 9.17) is 0 Å². The lowest BCUT2D eigenvalue weighted by atomic mass is 10.0. The fourth-order valence-electron chi connectivity index (χ4n) is 2.06. The third kappa shape index (κ3) is 3.39. The maximum absolute atomic E-state index is 4.55. The van der Waals surface area contributed by atoms with Crippen LogP contribution in [0.5, 0.6) is 0 Å². The van der Waals surface area contributed by atoms with E-state index in [1.807, 2.05) is 17.8 Å². The summed E-state index contributed by atoms with van der Waals surface area (Å²) in [4.78, 5) is 5.79. The highest BCUT2D eigenvalue weighted by Gasteiger charge is 2.08. The van der Waals surface area contributed by atoms with Gasteiger partial charge in [0, 0.05) is 29.4 Å². The smallest absolute Gasteiger partial charge is 0.191 e. The summed E-state index contributed by atoms with van der Waals surface area (Å²) in [5, 5.41) is 9.97. The summed E-state index contributed by atoms with van der Waals surface area (Å²) in [6.07, 6.45) is 3.68. The van der Waals surface area contributed by atoms with Crippen LogP contribution in [0.25, 0.3) is 10.6 Å². The molecule has 0 spiro atoms. The number of benzene rings is 1. The average Bonchev–Trinajstić information content (AvgIpc) is 3.14. The van der Waals surface area contributed by atoms with E-state index in [1.165, 1.54) is 16.0 Å². The molecule has 0 fully saturated rings. The van der Waals surface area contributed by atoms with Gasteiger partial charge in [-0.1, -0.05) is 49.9 Å². The molecule has 114 valence electrons. The lowest BCUT2D eigenvalue weighted by molar-refractivity contribution is 0.788. The van der Waals surface area contributed by atoms with Gasteiger partial charge in [-0.2, -0.15) is 0 Å². The fraction of sp³-hybridized carbons (Fsp3) is 0.312. The largest absolute Gasteiger partial charge is 0.312 e. The molecule has 2 aromatic heterocycles. The lowest BCUT2D eigenvalue weighted by Crippen LogP contribution is -1.88. The molecule has 0 radical (unpaired) electrons. The van der Waals surface area contributed by atoms with Gasteiger partial charge in [-0.25, -0.2) is 4.98 Å². The van der Waals surface area contributed by atoms with Gasteiger partial charge >= 0.3 is 0 Å². The van der Waals surface area contributed by atoms with Gasteiger partial charge in [0.25, 0.3) is 0 Å². The Labute approximate surface area is 138 Å². The molecule has 3 aromatic rings. The van der Waals surface area contributed by atoms with Crippen molar-refractivity contribution >= 4 is 23.1 Å². The van der Waals surface area contributed by atoms with Crippen molar-refractivity contribution in [1.29, 1.82) is 0 Å². The van der Waals surface area contributed by atoms with E-state index < -0.39 is 0 Å². The highest BCUT2D eigenvalue weighted by Crippen LogP contribution is 2.30. The van der Waals surface area contributed by atoms with E-state index in [0.29, 0.717) is 5.92 Å². The van der Waals surface area contributed by atoms with Crippen LogP contribution in [-0.2, 0) is 12.8 Å². The number of aromatic nitrogens is 4.